The summed E-state index contributed by atoms with van der Waals surface area (Å²) in [6.45, 7) is 4.18. The van der Waals surface area contributed by atoms with Crippen LogP contribution < -0.4 is 14.8 Å². The van der Waals surface area contributed by atoms with Crippen LogP contribution in [0.25, 0.3) is 6.08 Å². The van der Waals surface area contributed by atoms with E-state index in [1.807, 2.05) is 6.92 Å². The lowest BCUT2D eigenvalue weighted by Crippen LogP contribution is -2.13. The molecule has 0 heterocycles. The van der Waals surface area contributed by atoms with Crippen molar-refractivity contribution in [2.45, 2.75) is 13.8 Å². The molecule has 0 aliphatic carbocycles. The second kappa shape index (κ2) is 9.75. The van der Waals surface area contributed by atoms with Gasteiger partial charge in [0.05, 0.1) is 18.1 Å². The van der Waals surface area contributed by atoms with Crippen LogP contribution in [0.2, 0.25) is 0 Å². The summed E-state index contributed by atoms with van der Waals surface area (Å²) in [5, 5.41) is 33.0. The smallest absolute Gasteiger partial charge is 0.315 e. The largest absolute Gasteiger partial charge is 0.500 e. The summed E-state index contributed by atoms with van der Waals surface area (Å²) in [4.78, 5) is 22.8. The predicted octanol–water partition coefficient (Wildman–Crippen LogP) is 3.64. The van der Waals surface area contributed by atoms with Crippen LogP contribution in [0.1, 0.15) is 19.4 Å². The van der Waals surface area contributed by atoms with Crippen LogP contribution in [-0.2, 0) is 4.79 Å². The van der Waals surface area contributed by atoms with Gasteiger partial charge in [-0.1, -0.05) is 0 Å². The number of carbonyl (C=O) groups excluding carboxylic acids is 1. The van der Waals surface area contributed by atoms with Crippen LogP contribution in [0.5, 0.6) is 17.2 Å². The molecule has 0 radical (unpaired) electrons. The first-order chi connectivity index (χ1) is 13.9. The van der Waals surface area contributed by atoms with Crippen molar-refractivity contribution in [3.8, 4) is 23.3 Å². The van der Waals surface area contributed by atoms with Crippen molar-refractivity contribution in [2.75, 3.05) is 18.5 Å². The fourth-order valence-electron chi connectivity index (χ4n) is 2.42. The minimum Gasteiger partial charge on any atom is -0.500 e. The van der Waals surface area contributed by atoms with E-state index in [9.17, 15) is 25.3 Å². The second-order valence-corrected chi connectivity index (χ2v) is 5.66. The average Bonchev–Trinajstić information content (AvgIpc) is 2.69. The van der Waals surface area contributed by atoms with Crippen LogP contribution in [0.3, 0.4) is 0 Å². The minimum atomic E-state index is -0.777. The van der Waals surface area contributed by atoms with E-state index < -0.39 is 22.3 Å². The summed E-state index contributed by atoms with van der Waals surface area (Å²) in [5.74, 6) is -0.782. The number of nitrogens with zero attached hydrogens (tertiary/aromatic N) is 2. The monoisotopic (exact) mass is 397 g/mol. The molecule has 0 atom stereocenters. The Labute approximate surface area is 166 Å². The fourth-order valence-corrected chi connectivity index (χ4v) is 2.42. The third-order valence-electron chi connectivity index (χ3n) is 3.67. The molecule has 0 aliphatic rings. The third kappa shape index (κ3) is 5.46. The maximum atomic E-state index is 12.4. The Hall–Kier alpha value is -4.06. The van der Waals surface area contributed by atoms with Crippen molar-refractivity contribution in [1.82, 2.24) is 0 Å². The van der Waals surface area contributed by atoms with Gasteiger partial charge in [0.15, 0.2) is 5.75 Å². The number of hydrogen-bond donors (Lipinski definition) is 2. The van der Waals surface area contributed by atoms with Crippen molar-refractivity contribution < 1.29 is 24.3 Å². The number of anilines is 1. The van der Waals surface area contributed by atoms with Crippen molar-refractivity contribution in [3.05, 3.63) is 57.6 Å². The summed E-state index contributed by atoms with van der Waals surface area (Å²) >= 11 is 0. The number of nitro benzene ring substituents is 1. The molecule has 0 fully saturated rings. The molecule has 0 aromatic heterocycles. The summed E-state index contributed by atoms with van der Waals surface area (Å²) in [7, 11) is 0. The van der Waals surface area contributed by atoms with Crippen LogP contribution in [0.4, 0.5) is 11.4 Å². The van der Waals surface area contributed by atoms with E-state index in [2.05, 4.69) is 5.32 Å². The maximum Gasteiger partial charge on any atom is 0.315 e. The van der Waals surface area contributed by atoms with E-state index in [1.165, 1.54) is 12.1 Å². The highest BCUT2D eigenvalue weighted by Crippen LogP contribution is 2.37. The summed E-state index contributed by atoms with van der Waals surface area (Å²) < 4.78 is 10.5. The SMILES string of the molecule is CCOc1ccc(NC(=O)C(C#N)=Cc2cc(OCC)c(O)c([N+](=O)[O-])c2)cc1. The highest BCUT2D eigenvalue weighted by molar-refractivity contribution is 6.09. The zero-order chi connectivity index (χ0) is 21.4. The molecule has 0 unspecified atom stereocenters. The van der Waals surface area contributed by atoms with Gasteiger partial charge < -0.3 is 19.9 Å². The number of phenolic OH excluding ortho intramolecular Hbond substituents is 1. The Balaban J connectivity index is 2.31. The summed E-state index contributed by atoms with van der Waals surface area (Å²) in [6.07, 6.45) is 1.18. The molecule has 0 bridgehead atoms. The molecule has 2 aromatic rings. The molecule has 1 amide bonds. The van der Waals surface area contributed by atoms with E-state index >= 15 is 0 Å². The van der Waals surface area contributed by atoms with E-state index in [0.717, 1.165) is 6.07 Å². The molecule has 2 aromatic carbocycles. The van der Waals surface area contributed by atoms with Gasteiger partial charge in [-0.25, -0.2) is 0 Å². The van der Waals surface area contributed by atoms with Crippen molar-refractivity contribution in [2.24, 2.45) is 0 Å². The summed E-state index contributed by atoms with van der Waals surface area (Å²) in [5.41, 5.74) is -0.254. The fraction of sp³-hybridized carbons (Fsp3) is 0.200. The number of nitrogens with one attached hydrogen (secondary N) is 1. The molecule has 0 saturated carbocycles. The number of phenols is 1. The second-order valence-electron chi connectivity index (χ2n) is 5.66. The lowest BCUT2D eigenvalue weighted by Gasteiger charge is -2.08. The normalized spacial score (nSPS) is 10.7. The van der Waals surface area contributed by atoms with E-state index in [0.29, 0.717) is 18.0 Å². The zero-order valence-electron chi connectivity index (χ0n) is 15.8. The lowest BCUT2D eigenvalue weighted by atomic mass is 10.1. The Morgan fingerprint density at radius 3 is 2.45 bits per heavy atom. The van der Waals surface area contributed by atoms with E-state index in [-0.39, 0.29) is 23.5 Å². The highest BCUT2D eigenvalue weighted by Gasteiger charge is 2.20. The highest BCUT2D eigenvalue weighted by atomic mass is 16.6. The maximum absolute atomic E-state index is 12.4. The van der Waals surface area contributed by atoms with Gasteiger partial charge in [-0.05, 0) is 55.8 Å². The first kappa shape index (κ1) is 21.2. The van der Waals surface area contributed by atoms with Crippen LogP contribution >= 0.6 is 0 Å². The van der Waals surface area contributed by atoms with Crippen molar-refractivity contribution in [1.29, 1.82) is 5.26 Å². The molecular weight excluding hydrogens is 378 g/mol. The quantitative estimate of drug-likeness (QED) is 0.300. The van der Waals surface area contributed by atoms with Gasteiger partial charge in [0.25, 0.3) is 5.91 Å². The number of nitro groups is 1. The van der Waals surface area contributed by atoms with Gasteiger partial charge in [0.2, 0.25) is 5.75 Å². The molecule has 2 N–H and O–H groups in total. The zero-order valence-corrected chi connectivity index (χ0v) is 15.8. The third-order valence-corrected chi connectivity index (χ3v) is 3.67. The molecule has 2 rings (SSSR count). The molecular formula is C20H19N3O6. The molecule has 0 aliphatic heterocycles. The lowest BCUT2D eigenvalue weighted by molar-refractivity contribution is -0.386. The van der Waals surface area contributed by atoms with Gasteiger partial charge in [-0.15, -0.1) is 0 Å². The van der Waals surface area contributed by atoms with Crippen molar-refractivity contribution in [3.63, 3.8) is 0 Å². The van der Waals surface area contributed by atoms with Crippen LogP contribution in [0.15, 0.2) is 42.0 Å². The van der Waals surface area contributed by atoms with E-state index in [1.54, 1.807) is 37.3 Å². The van der Waals surface area contributed by atoms with Crippen LogP contribution in [0, 0.1) is 21.4 Å². The number of nitriles is 1. The number of ether oxygens (including phenoxy) is 2. The van der Waals surface area contributed by atoms with Crippen LogP contribution in [-0.4, -0.2) is 29.2 Å². The predicted molar refractivity (Wildman–Crippen MR) is 106 cm³/mol. The average molecular weight is 397 g/mol. The van der Waals surface area contributed by atoms with Gasteiger partial charge in [-0.2, -0.15) is 5.26 Å². The summed E-state index contributed by atoms with van der Waals surface area (Å²) in [6, 6.07) is 10.7. The topological polar surface area (TPSA) is 135 Å². The van der Waals surface area contributed by atoms with Gasteiger partial charge in [0, 0.05) is 11.8 Å². The number of aromatic hydroxyl groups is 1. The van der Waals surface area contributed by atoms with Gasteiger partial charge >= 0.3 is 5.69 Å². The van der Waals surface area contributed by atoms with Gasteiger partial charge in [-0.3, -0.25) is 14.9 Å². The molecule has 29 heavy (non-hydrogen) atoms. The molecule has 9 heteroatoms. The Bertz CT molecular complexity index is 977. The standard InChI is InChI=1S/C20H19N3O6/c1-3-28-16-7-5-15(6-8-16)22-20(25)14(12-21)9-13-10-17(23(26)27)19(24)18(11-13)29-4-2/h5-11,24H,3-4H2,1-2H3,(H,22,25). The first-order valence-corrected chi connectivity index (χ1v) is 8.69. The number of rotatable bonds is 8. The Kier molecular flexibility index (Phi) is 7.14. The molecule has 9 nitrogen and oxygen atoms in total. The molecule has 0 spiro atoms. The van der Waals surface area contributed by atoms with E-state index in [4.69, 9.17) is 9.47 Å². The number of amides is 1. The Morgan fingerprint density at radius 1 is 1.24 bits per heavy atom. The molecule has 150 valence electrons. The number of benzene rings is 2. The van der Waals surface area contributed by atoms with Crippen molar-refractivity contribution >= 4 is 23.4 Å². The number of hydrogen-bond acceptors (Lipinski definition) is 7. The number of carbonyl (C=O) groups is 1. The Morgan fingerprint density at radius 2 is 1.90 bits per heavy atom. The molecule has 0 saturated heterocycles. The minimum absolute atomic E-state index is 0.114. The van der Waals surface area contributed by atoms with Gasteiger partial charge in [0.1, 0.15) is 17.4 Å². The first-order valence-electron chi connectivity index (χ1n) is 8.69.